The van der Waals surface area contributed by atoms with Crippen LogP contribution in [0.1, 0.15) is 29.5 Å². The van der Waals surface area contributed by atoms with Crippen LogP contribution in [0.2, 0.25) is 0 Å². The Bertz CT molecular complexity index is 1210. The molecule has 1 aliphatic rings. The number of halogens is 3. The second kappa shape index (κ2) is 12.2. The number of esters is 2. The molecule has 0 radical (unpaired) electrons. The first kappa shape index (κ1) is 26.6. The van der Waals surface area contributed by atoms with E-state index in [1.165, 1.54) is 16.1 Å². The minimum atomic E-state index is -5.19. The topological polar surface area (TPSA) is 55.8 Å². The van der Waals surface area contributed by atoms with E-state index in [4.69, 9.17) is 4.74 Å². The predicted molar refractivity (Wildman–Crippen MR) is 136 cm³/mol. The zero-order valence-electron chi connectivity index (χ0n) is 20.0. The largest absolute Gasteiger partial charge is 0.491 e. The molecule has 0 aliphatic carbocycles. The van der Waals surface area contributed by atoms with Crippen LogP contribution in [0.3, 0.4) is 0 Å². The van der Waals surface area contributed by atoms with Gasteiger partial charge in [-0.05, 0) is 59.6 Å². The second-order valence-electron chi connectivity index (χ2n) is 8.60. The van der Waals surface area contributed by atoms with Crippen molar-refractivity contribution in [2.24, 2.45) is 0 Å². The highest BCUT2D eigenvalue weighted by atomic mass is 32.2. The van der Waals surface area contributed by atoms with Gasteiger partial charge in [-0.3, -0.25) is 4.79 Å². The summed E-state index contributed by atoms with van der Waals surface area (Å²) < 4.78 is 46.1. The Morgan fingerprint density at radius 1 is 0.892 bits per heavy atom. The fourth-order valence-electron chi connectivity index (χ4n) is 3.90. The van der Waals surface area contributed by atoms with Crippen molar-refractivity contribution in [1.29, 1.82) is 0 Å². The number of hydrogen-bond donors (Lipinski definition) is 0. The van der Waals surface area contributed by atoms with Crippen LogP contribution >= 0.6 is 11.8 Å². The Kier molecular flexibility index (Phi) is 8.76. The molecule has 37 heavy (non-hydrogen) atoms. The standard InChI is InChI=1S/C28H26F3NO4S/c29-28(30,31)27(34)36-26(33)15-12-20-10-13-23(14-11-20)35-19-22-8-6-21(7-9-22)18-32-16-3-17-37-25-5-2-1-4-24(25)32/h1-2,4-11,13-14H,3,12,15-19H2. The van der Waals surface area contributed by atoms with Crippen LogP contribution in [0, 0.1) is 0 Å². The van der Waals surface area contributed by atoms with Crippen LogP contribution in [0.15, 0.2) is 77.7 Å². The summed E-state index contributed by atoms with van der Waals surface area (Å²) in [5.74, 6) is -1.97. The molecule has 0 spiro atoms. The monoisotopic (exact) mass is 529 g/mol. The third-order valence-electron chi connectivity index (χ3n) is 5.82. The van der Waals surface area contributed by atoms with Gasteiger partial charge in [0, 0.05) is 18.0 Å². The van der Waals surface area contributed by atoms with Gasteiger partial charge in [0.1, 0.15) is 12.4 Å². The van der Waals surface area contributed by atoms with E-state index in [1.54, 1.807) is 24.3 Å². The highest BCUT2D eigenvalue weighted by Gasteiger charge is 2.42. The minimum Gasteiger partial charge on any atom is -0.489 e. The van der Waals surface area contributed by atoms with Gasteiger partial charge >= 0.3 is 18.1 Å². The maximum atomic E-state index is 12.1. The lowest BCUT2D eigenvalue weighted by atomic mass is 10.1. The van der Waals surface area contributed by atoms with E-state index in [0.29, 0.717) is 17.9 Å². The molecule has 0 aromatic heterocycles. The average molecular weight is 530 g/mol. The van der Waals surface area contributed by atoms with E-state index in [0.717, 1.165) is 30.8 Å². The molecule has 0 unspecified atom stereocenters. The highest BCUT2D eigenvalue weighted by molar-refractivity contribution is 7.99. The molecule has 1 aliphatic heterocycles. The van der Waals surface area contributed by atoms with Gasteiger partial charge in [-0.15, -0.1) is 11.8 Å². The summed E-state index contributed by atoms with van der Waals surface area (Å²) in [6.45, 7) is 2.25. The number of alkyl halides is 3. The Morgan fingerprint density at radius 2 is 1.57 bits per heavy atom. The zero-order valence-corrected chi connectivity index (χ0v) is 20.8. The van der Waals surface area contributed by atoms with E-state index < -0.39 is 18.1 Å². The molecule has 194 valence electrons. The molecular weight excluding hydrogens is 503 g/mol. The van der Waals surface area contributed by atoms with Crippen molar-refractivity contribution in [2.75, 3.05) is 17.2 Å². The van der Waals surface area contributed by atoms with Crippen molar-refractivity contribution in [2.45, 2.75) is 43.5 Å². The number of nitrogens with zero attached hydrogens (tertiary/aromatic N) is 1. The Balaban J connectivity index is 1.24. The summed E-state index contributed by atoms with van der Waals surface area (Å²) in [5, 5.41) is 0. The third kappa shape index (κ3) is 7.76. The van der Waals surface area contributed by atoms with Crippen LogP contribution < -0.4 is 9.64 Å². The molecule has 3 aromatic carbocycles. The fraction of sp³-hybridized carbons (Fsp3) is 0.286. The molecule has 0 bridgehead atoms. The normalized spacial score (nSPS) is 13.4. The van der Waals surface area contributed by atoms with Crippen molar-refractivity contribution in [1.82, 2.24) is 0 Å². The SMILES string of the molecule is O=C(CCc1ccc(OCc2ccc(CN3CCCSc4ccccc43)cc2)cc1)OC(=O)C(F)(F)F. The molecule has 9 heteroatoms. The number of carbonyl (C=O) groups excluding carboxylic acids is 2. The fourth-order valence-corrected chi connectivity index (χ4v) is 4.91. The molecule has 0 amide bonds. The van der Waals surface area contributed by atoms with E-state index in [9.17, 15) is 22.8 Å². The third-order valence-corrected chi connectivity index (χ3v) is 6.97. The van der Waals surface area contributed by atoms with Crippen molar-refractivity contribution >= 4 is 29.4 Å². The first-order valence-corrected chi connectivity index (χ1v) is 12.8. The predicted octanol–water partition coefficient (Wildman–Crippen LogP) is 6.33. The van der Waals surface area contributed by atoms with Gasteiger partial charge in [0.05, 0.1) is 12.1 Å². The molecular formula is C28H26F3NO4S. The van der Waals surface area contributed by atoms with E-state index in [1.807, 2.05) is 11.8 Å². The number of rotatable bonds is 8. The van der Waals surface area contributed by atoms with Crippen LogP contribution in [-0.4, -0.2) is 30.4 Å². The molecule has 1 heterocycles. The Labute approximate surface area is 217 Å². The van der Waals surface area contributed by atoms with E-state index in [-0.39, 0.29) is 12.8 Å². The minimum absolute atomic E-state index is 0.145. The first-order valence-electron chi connectivity index (χ1n) is 11.9. The van der Waals surface area contributed by atoms with Gasteiger partial charge < -0.3 is 14.4 Å². The van der Waals surface area contributed by atoms with Crippen LogP contribution in [0.5, 0.6) is 5.75 Å². The quantitative estimate of drug-likeness (QED) is 0.251. The smallest absolute Gasteiger partial charge is 0.489 e. The molecule has 3 aromatic rings. The molecule has 0 N–H and O–H groups in total. The number of benzene rings is 3. The van der Waals surface area contributed by atoms with Gasteiger partial charge in [0.2, 0.25) is 0 Å². The number of fused-ring (bicyclic) bond motifs is 1. The maximum Gasteiger partial charge on any atom is 0.491 e. The molecule has 0 fully saturated rings. The number of aryl methyl sites for hydroxylation is 1. The van der Waals surface area contributed by atoms with E-state index in [2.05, 4.69) is 58.2 Å². The highest BCUT2D eigenvalue weighted by Crippen LogP contribution is 2.34. The number of hydrogen-bond acceptors (Lipinski definition) is 6. The maximum absolute atomic E-state index is 12.1. The van der Waals surface area contributed by atoms with Gasteiger partial charge in [0.25, 0.3) is 0 Å². The van der Waals surface area contributed by atoms with Gasteiger partial charge in [0.15, 0.2) is 0 Å². The molecule has 0 saturated carbocycles. The number of carbonyl (C=O) groups is 2. The lowest BCUT2D eigenvalue weighted by molar-refractivity contribution is -0.201. The number of thioether (sulfide) groups is 1. The summed E-state index contributed by atoms with van der Waals surface area (Å²) in [4.78, 5) is 25.9. The van der Waals surface area contributed by atoms with Gasteiger partial charge in [-0.25, -0.2) is 4.79 Å². The molecule has 5 nitrogen and oxygen atoms in total. The van der Waals surface area contributed by atoms with Crippen LogP contribution in [-0.2, 0) is 33.9 Å². The Morgan fingerprint density at radius 3 is 2.30 bits per heavy atom. The Hall–Kier alpha value is -3.46. The summed E-state index contributed by atoms with van der Waals surface area (Å²) in [6.07, 6.45) is -4.23. The molecule has 0 saturated heterocycles. The first-order chi connectivity index (χ1) is 17.8. The zero-order chi connectivity index (χ0) is 26.3. The van der Waals surface area contributed by atoms with Crippen molar-refractivity contribution in [3.8, 4) is 5.75 Å². The van der Waals surface area contributed by atoms with Crippen molar-refractivity contribution in [3.05, 3.63) is 89.5 Å². The van der Waals surface area contributed by atoms with Crippen LogP contribution in [0.25, 0.3) is 0 Å². The van der Waals surface area contributed by atoms with Gasteiger partial charge in [-0.1, -0.05) is 48.5 Å². The number of para-hydroxylation sites is 1. The lowest BCUT2D eigenvalue weighted by Crippen LogP contribution is -2.28. The van der Waals surface area contributed by atoms with Crippen LogP contribution in [0.4, 0.5) is 18.9 Å². The van der Waals surface area contributed by atoms with E-state index >= 15 is 0 Å². The van der Waals surface area contributed by atoms with Crippen molar-refractivity contribution < 1.29 is 32.2 Å². The second-order valence-corrected chi connectivity index (χ2v) is 9.74. The summed E-state index contributed by atoms with van der Waals surface area (Å²) >= 11 is 1.91. The van der Waals surface area contributed by atoms with Crippen molar-refractivity contribution in [3.63, 3.8) is 0 Å². The molecule has 4 rings (SSSR count). The average Bonchev–Trinajstić information content (AvgIpc) is 3.09. The summed E-state index contributed by atoms with van der Waals surface area (Å²) in [6, 6.07) is 23.8. The number of anilines is 1. The summed E-state index contributed by atoms with van der Waals surface area (Å²) in [5.41, 5.74) is 4.25. The number of ether oxygens (including phenoxy) is 2. The van der Waals surface area contributed by atoms with Gasteiger partial charge in [-0.2, -0.15) is 13.2 Å². The molecule has 0 atom stereocenters. The summed E-state index contributed by atoms with van der Waals surface area (Å²) in [7, 11) is 0. The lowest BCUT2D eigenvalue weighted by Gasteiger charge is -2.24.